The Hall–Kier alpha value is -2.01. The van der Waals surface area contributed by atoms with Gasteiger partial charge in [-0.05, 0) is 76.5 Å². The second-order valence-corrected chi connectivity index (χ2v) is 8.29. The van der Waals surface area contributed by atoms with Crippen molar-refractivity contribution < 1.29 is 13.9 Å². The number of carbonyl (C=O) groups excluding carboxylic acids is 1. The van der Waals surface area contributed by atoms with Gasteiger partial charge in [0.2, 0.25) is 5.91 Å². The van der Waals surface area contributed by atoms with Crippen molar-refractivity contribution in [1.29, 1.82) is 0 Å². The van der Waals surface area contributed by atoms with Crippen LogP contribution in [0.1, 0.15) is 57.6 Å². The number of ether oxygens (including phenoxy) is 1. The van der Waals surface area contributed by atoms with Crippen LogP contribution in [-0.4, -0.2) is 25.1 Å². The standard InChI is InChI=1S/C23H32N2O3/c1-2-27-21-5-3-4-18-14-20(28-22(18)21)15-24-13-12-16-6-10-19(11-7-16)25-23(26)17-8-9-17/h3-5,14,16-17,19,24H,2,6-13,15H2,1H3,(H,25,26). The number of carbonyl (C=O) groups is 1. The first-order valence-electron chi connectivity index (χ1n) is 10.9. The smallest absolute Gasteiger partial charge is 0.223 e. The summed E-state index contributed by atoms with van der Waals surface area (Å²) in [4.78, 5) is 11.9. The minimum absolute atomic E-state index is 0.295. The molecule has 2 N–H and O–H groups in total. The van der Waals surface area contributed by atoms with Crippen molar-refractivity contribution >= 4 is 16.9 Å². The second-order valence-electron chi connectivity index (χ2n) is 8.29. The minimum atomic E-state index is 0.295. The Balaban J connectivity index is 1.17. The summed E-state index contributed by atoms with van der Waals surface area (Å²) < 4.78 is 11.6. The van der Waals surface area contributed by atoms with E-state index in [1.807, 2.05) is 19.1 Å². The van der Waals surface area contributed by atoms with E-state index < -0.39 is 0 Å². The molecule has 1 aromatic heterocycles. The zero-order chi connectivity index (χ0) is 19.3. The summed E-state index contributed by atoms with van der Waals surface area (Å²) in [6.45, 7) is 4.37. The molecule has 28 heavy (non-hydrogen) atoms. The molecule has 2 aliphatic rings. The average Bonchev–Trinajstić information content (AvgIpc) is 3.47. The summed E-state index contributed by atoms with van der Waals surface area (Å²) >= 11 is 0. The van der Waals surface area contributed by atoms with Gasteiger partial charge in [-0.2, -0.15) is 0 Å². The SMILES string of the molecule is CCOc1cccc2cc(CNCCC3CCC(NC(=O)C4CC4)CC3)oc12. The van der Waals surface area contributed by atoms with Crippen LogP contribution in [0.4, 0.5) is 0 Å². The summed E-state index contributed by atoms with van der Waals surface area (Å²) in [5, 5.41) is 7.85. The summed E-state index contributed by atoms with van der Waals surface area (Å²) in [6, 6.07) is 8.52. The van der Waals surface area contributed by atoms with Crippen LogP contribution in [0, 0.1) is 11.8 Å². The number of rotatable bonds is 9. The number of hydrogen-bond donors (Lipinski definition) is 2. The third kappa shape index (κ3) is 4.88. The van der Waals surface area contributed by atoms with Gasteiger partial charge in [0.15, 0.2) is 11.3 Å². The summed E-state index contributed by atoms with van der Waals surface area (Å²) in [6.07, 6.45) is 8.07. The Kier molecular flexibility index (Phi) is 6.20. The molecule has 2 fully saturated rings. The molecule has 4 rings (SSSR count). The van der Waals surface area contributed by atoms with Crippen LogP contribution < -0.4 is 15.4 Å². The van der Waals surface area contributed by atoms with Crippen molar-refractivity contribution in [2.24, 2.45) is 11.8 Å². The maximum absolute atomic E-state index is 11.9. The lowest BCUT2D eigenvalue weighted by molar-refractivity contribution is -0.123. The van der Waals surface area contributed by atoms with Gasteiger partial charge in [-0.1, -0.05) is 12.1 Å². The van der Waals surface area contributed by atoms with Crippen molar-refractivity contribution in [3.05, 3.63) is 30.0 Å². The van der Waals surface area contributed by atoms with E-state index in [1.54, 1.807) is 0 Å². The lowest BCUT2D eigenvalue weighted by Gasteiger charge is -2.29. The number of benzene rings is 1. The quantitative estimate of drug-likeness (QED) is 0.629. The molecular weight excluding hydrogens is 352 g/mol. The zero-order valence-corrected chi connectivity index (χ0v) is 16.8. The molecule has 0 unspecified atom stereocenters. The maximum atomic E-state index is 11.9. The van der Waals surface area contributed by atoms with Crippen LogP contribution in [0.25, 0.3) is 11.0 Å². The monoisotopic (exact) mass is 384 g/mol. The Labute approximate surface area is 167 Å². The fourth-order valence-electron chi connectivity index (χ4n) is 4.22. The molecule has 2 aromatic rings. The first-order valence-corrected chi connectivity index (χ1v) is 10.9. The highest BCUT2D eigenvalue weighted by Crippen LogP contribution is 2.31. The highest BCUT2D eigenvalue weighted by molar-refractivity contribution is 5.83. The van der Waals surface area contributed by atoms with Crippen molar-refractivity contribution in [2.45, 2.75) is 64.5 Å². The van der Waals surface area contributed by atoms with Crippen LogP contribution in [0.5, 0.6) is 5.75 Å². The van der Waals surface area contributed by atoms with Crippen molar-refractivity contribution in [3.63, 3.8) is 0 Å². The van der Waals surface area contributed by atoms with Crippen molar-refractivity contribution in [1.82, 2.24) is 10.6 Å². The van der Waals surface area contributed by atoms with Gasteiger partial charge in [-0.3, -0.25) is 4.79 Å². The maximum Gasteiger partial charge on any atom is 0.223 e. The van der Waals surface area contributed by atoms with E-state index in [9.17, 15) is 4.79 Å². The summed E-state index contributed by atoms with van der Waals surface area (Å²) in [5.41, 5.74) is 0.840. The summed E-state index contributed by atoms with van der Waals surface area (Å²) in [5.74, 6) is 3.15. The van der Waals surface area contributed by atoms with Gasteiger partial charge in [0.05, 0.1) is 13.2 Å². The molecule has 0 atom stereocenters. The Bertz CT molecular complexity index is 788. The number of hydrogen-bond acceptors (Lipinski definition) is 4. The fourth-order valence-corrected chi connectivity index (χ4v) is 4.22. The van der Waals surface area contributed by atoms with Gasteiger partial charge in [-0.15, -0.1) is 0 Å². The highest BCUT2D eigenvalue weighted by atomic mass is 16.5. The molecule has 0 bridgehead atoms. The molecule has 1 heterocycles. The van der Waals surface area contributed by atoms with E-state index >= 15 is 0 Å². The number of furan rings is 1. The molecule has 0 spiro atoms. The number of para-hydroxylation sites is 1. The number of nitrogens with one attached hydrogen (secondary N) is 2. The first-order chi connectivity index (χ1) is 13.7. The molecular formula is C23H32N2O3. The van der Waals surface area contributed by atoms with E-state index in [0.717, 1.165) is 67.2 Å². The minimum Gasteiger partial charge on any atom is -0.490 e. The van der Waals surface area contributed by atoms with Gasteiger partial charge >= 0.3 is 0 Å². The normalized spacial score (nSPS) is 22.3. The van der Waals surface area contributed by atoms with Gasteiger partial charge in [-0.25, -0.2) is 0 Å². The van der Waals surface area contributed by atoms with Crippen LogP contribution >= 0.6 is 0 Å². The molecule has 2 aliphatic carbocycles. The van der Waals surface area contributed by atoms with E-state index in [1.165, 1.54) is 19.3 Å². The van der Waals surface area contributed by atoms with Crippen LogP contribution in [0.15, 0.2) is 28.7 Å². The van der Waals surface area contributed by atoms with E-state index in [-0.39, 0.29) is 0 Å². The number of amides is 1. The molecule has 1 aromatic carbocycles. The predicted octanol–water partition coefficient (Wildman–Crippen LogP) is 4.40. The lowest BCUT2D eigenvalue weighted by Crippen LogP contribution is -2.38. The Morgan fingerprint density at radius 2 is 2.00 bits per heavy atom. The lowest BCUT2D eigenvalue weighted by atomic mass is 9.84. The van der Waals surface area contributed by atoms with Crippen molar-refractivity contribution in [2.75, 3.05) is 13.2 Å². The van der Waals surface area contributed by atoms with Crippen LogP contribution in [-0.2, 0) is 11.3 Å². The van der Waals surface area contributed by atoms with E-state index in [4.69, 9.17) is 9.15 Å². The van der Waals surface area contributed by atoms with E-state index in [2.05, 4.69) is 22.8 Å². The van der Waals surface area contributed by atoms with Gasteiger partial charge in [0, 0.05) is 17.3 Å². The molecule has 0 aliphatic heterocycles. The molecule has 0 radical (unpaired) electrons. The molecule has 2 saturated carbocycles. The largest absolute Gasteiger partial charge is 0.490 e. The Morgan fingerprint density at radius 1 is 1.18 bits per heavy atom. The third-order valence-corrected chi connectivity index (χ3v) is 6.03. The number of fused-ring (bicyclic) bond motifs is 1. The van der Waals surface area contributed by atoms with Crippen molar-refractivity contribution in [3.8, 4) is 5.75 Å². The molecule has 152 valence electrons. The predicted molar refractivity (Wildman–Crippen MR) is 110 cm³/mol. The van der Waals surface area contributed by atoms with Gasteiger partial charge in [0.25, 0.3) is 0 Å². The third-order valence-electron chi connectivity index (χ3n) is 6.03. The molecule has 5 nitrogen and oxygen atoms in total. The van der Waals surface area contributed by atoms with Crippen LogP contribution in [0.3, 0.4) is 0 Å². The topological polar surface area (TPSA) is 63.5 Å². The highest BCUT2D eigenvalue weighted by Gasteiger charge is 2.31. The fraction of sp³-hybridized carbons (Fsp3) is 0.609. The second kappa shape index (κ2) is 8.99. The zero-order valence-electron chi connectivity index (χ0n) is 16.8. The average molecular weight is 385 g/mol. The molecule has 1 amide bonds. The van der Waals surface area contributed by atoms with Gasteiger partial charge in [0.1, 0.15) is 5.76 Å². The van der Waals surface area contributed by atoms with Crippen LogP contribution in [0.2, 0.25) is 0 Å². The Morgan fingerprint density at radius 3 is 2.75 bits per heavy atom. The first kappa shape index (κ1) is 19.3. The van der Waals surface area contributed by atoms with Gasteiger partial charge < -0.3 is 19.8 Å². The summed E-state index contributed by atoms with van der Waals surface area (Å²) in [7, 11) is 0. The molecule has 5 heteroatoms. The van der Waals surface area contributed by atoms with E-state index in [0.29, 0.717) is 24.5 Å². The molecule has 0 saturated heterocycles.